The molecular weight excluding hydrogens is 156 g/mol. The molecule has 0 bridgehead atoms. The average molecular weight is 174 g/mol. The Labute approximate surface area is 74.0 Å². The normalized spacial score (nSPS) is 15.3. The Kier molecular flexibility index (Phi) is 5.72. The summed E-state index contributed by atoms with van der Waals surface area (Å²) in [6.07, 6.45) is -0.0611. The standard InChI is InChI=1S/C9H18O3/c1-5-11-8(4)7(3)9(10)12-6-2/h7-8H,5-6H2,1-4H3. The first-order valence-corrected chi connectivity index (χ1v) is 4.41. The van der Waals surface area contributed by atoms with Gasteiger partial charge in [-0.3, -0.25) is 4.79 Å². The fourth-order valence-corrected chi connectivity index (χ4v) is 0.873. The molecule has 72 valence electrons. The molecule has 0 spiro atoms. The van der Waals surface area contributed by atoms with Gasteiger partial charge in [-0.1, -0.05) is 0 Å². The van der Waals surface area contributed by atoms with Gasteiger partial charge in [0.05, 0.1) is 18.6 Å². The highest BCUT2D eigenvalue weighted by Crippen LogP contribution is 2.08. The van der Waals surface area contributed by atoms with E-state index in [2.05, 4.69) is 0 Å². The van der Waals surface area contributed by atoms with Crippen molar-refractivity contribution in [3.8, 4) is 0 Å². The Bertz CT molecular complexity index is 134. The summed E-state index contributed by atoms with van der Waals surface area (Å²) in [6.45, 7) is 8.47. The molecule has 0 fully saturated rings. The van der Waals surface area contributed by atoms with Gasteiger partial charge in [0, 0.05) is 6.61 Å². The molecule has 2 unspecified atom stereocenters. The molecule has 0 aromatic carbocycles. The highest BCUT2D eigenvalue weighted by atomic mass is 16.5. The smallest absolute Gasteiger partial charge is 0.311 e. The van der Waals surface area contributed by atoms with Gasteiger partial charge in [-0.15, -0.1) is 0 Å². The van der Waals surface area contributed by atoms with Crippen LogP contribution in [0.5, 0.6) is 0 Å². The van der Waals surface area contributed by atoms with Crippen molar-refractivity contribution in [1.82, 2.24) is 0 Å². The lowest BCUT2D eigenvalue weighted by Crippen LogP contribution is -2.27. The van der Waals surface area contributed by atoms with E-state index in [1.54, 1.807) is 6.92 Å². The molecule has 0 saturated heterocycles. The van der Waals surface area contributed by atoms with Crippen molar-refractivity contribution in [1.29, 1.82) is 0 Å². The minimum absolute atomic E-state index is 0.0611. The van der Waals surface area contributed by atoms with Crippen LogP contribution in [0.3, 0.4) is 0 Å². The van der Waals surface area contributed by atoms with Gasteiger partial charge in [0.25, 0.3) is 0 Å². The Morgan fingerprint density at radius 2 is 1.83 bits per heavy atom. The van der Waals surface area contributed by atoms with Crippen molar-refractivity contribution < 1.29 is 14.3 Å². The molecular formula is C9H18O3. The zero-order valence-electron chi connectivity index (χ0n) is 8.29. The molecule has 0 aromatic rings. The first-order chi connectivity index (χ1) is 5.63. The van der Waals surface area contributed by atoms with Gasteiger partial charge in [-0.25, -0.2) is 0 Å². The van der Waals surface area contributed by atoms with Crippen LogP contribution in [0.1, 0.15) is 27.7 Å². The van der Waals surface area contributed by atoms with Crippen molar-refractivity contribution in [2.24, 2.45) is 5.92 Å². The Morgan fingerprint density at radius 1 is 1.25 bits per heavy atom. The molecule has 12 heavy (non-hydrogen) atoms. The van der Waals surface area contributed by atoms with E-state index in [1.807, 2.05) is 20.8 Å². The van der Waals surface area contributed by atoms with Gasteiger partial charge >= 0.3 is 5.97 Å². The van der Waals surface area contributed by atoms with Gasteiger partial charge in [0.1, 0.15) is 0 Å². The predicted octanol–water partition coefficient (Wildman–Crippen LogP) is 1.61. The highest BCUT2D eigenvalue weighted by Gasteiger charge is 2.21. The number of hydrogen-bond acceptors (Lipinski definition) is 3. The van der Waals surface area contributed by atoms with Gasteiger partial charge in [0.2, 0.25) is 0 Å². The number of carbonyl (C=O) groups excluding carboxylic acids is 1. The van der Waals surface area contributed by atoms with Crippen LogP contribution in [-0.4, -0.2) is 25.3 Å². The quantitative estimate of drug-likeness (QED) is 0.594. The lowest BCUT2D eigenvalue weighted by molar-refractivity contribution is -0.152. The van der Waals surface area contributed by atoms with Crippen molar-refractivity contribution >= 4 is 5.97 Å². The monoisotopic (exact) mass is 174 g/mol. The third kappa shape index (κ3) is 3.72. The number of rotatable bonds is 5. The fourth-order valence-electron chi connectivity index (χ4n) is 0.873. The summed E-state index contributed by atoms with van der Waals surface area (Å²) in [6, 6.07) is 0. The Balaban J connectivity index is 3.82. The molecule has 0 saturated carbocycles. The number of carbonyl (C=O) groups is 1. The molecule has 0 amide bonds. The zero-order valence-corrected chi connectivity index (χ0v) is 8.29. The second kappa shape index (κ2) is 6.00. The Hall–Kier alpha value is -0.570. The first kappa shape index (κ1) is 11.4. The minimum Gasteiger partial charge on any atom is -0.466 e. The Morgan fingerprint density at radius 3 is 2.25 bits per heavy atom. The van der Waals surface area contributed by atoms with Gasteiger partial charge < -0.3 is 9.47 Å². The molecule has 3 heteroatoms. The van der Waals surface area contributed by atoms with E-state index in [4.69, 9.17) is 9.47 Å². The van der Waals surface area contributed by atoms with Gasteiger partial charge in [0.15, 0.2) is 0 Å². The van der Waals surface area contributed by atoms with Crippen LogP contribution in [0.15, 0.2) is 0 Å². The maximum Gasteiger partial charge on any atom is 0.311 e. The van der Waals surface area contributed by atoms with Crippen LogP contribution < -0.4 is 0 Å². The predicted molar refractivity (Wildman–Crippen MR) is 46.9 cm³/mol. The molecule has 0 aliphatic heterocycles. The maximum absolute atomic E-state index is 11.2. The summed E-state index contributed by atoms with van der Waals surface area (Å²) in [5.41, 5.74) is 0. The second-order valence-electron chi connectivity index (χ2n) is 2.70. The first-order valence-electron chi connectivity index (χ1n) is 4.41. The van der Waals surface area contributed by atoms with E-state index in [0.29, 0.717) is 13.2 Å². The fraction of sp³-hybridized carbons (Fsp3) is 0.889. The van der Waals surface area contributed by atoms with Gasteiger partial charge in [-0.05, 0) is 27.7 Å². The van der Waals surface area contributed by atoms with Crippen LogP contribution in [0, 0.1) is 5.92 Å². The molecule has 3 nitrogen and oxygen atoms in total. The summed E-state index contributed by atoms with van der Waals surface area (Å²) in [7, 11) is 0. The summed E-state index contributed by atoms with van der Waals surface area (Å²) in [5.74, 6) is -0.358. The maximum atomic E-state index is 11.2. The van der Waals surface area contributed by atoms with Crippen molar-refractivity contribution in [2.75, 3.05) is 13.2 Å². The summed E-state index contributed by atoms with van der Waals surface area (Å²) in [4.78, 5) is 11.2. The molecule has 0 N–H and O–H groups in total. The molecule has 0 rings (SSSR count). The SMILES string of the molecule is CCOC(=O)C(C)C(C)OCC. The lowest BCUT2D eigenvalue weighted by atomic mass is 10.1. The highest BCUT2D eigenvalue weighted by molar-refractivity contribution is 5.72. The minimum atomic E-state index is -0.182. The van der Waals surface area contributed by atoms with E-state index in [9.17, 15) is 4.79 Å². The van der Waals surface area contributed by atoms with Crippen LogP contribution in [0.25, 0.3) is 0 Å². The van der Waals surface area contributed by atoms with Gasteiger partial charge in [-0.2, -0.15) is 0 Å². The number of esters is 1. The van der Waals surface area contributed by atoms with Crippen molar-refractivity contribution in [3.05, 3.63) is 0 Å². The molecule has 2 atom stereocenters. The van der Waals surface area contributed by atoms with E-state index in [-0.39, 0.29) is 18.0 Å². The van der Waals surface area contributed by atoms with Crippen LogP contribution in [0.2, 0.25) is 0 Å². The van der Waals surface area contributed by atoms with E-state index in [0.717, 1.165) is 0 Å². The summed E-state index contributed by atoms with van der Waals surface area (Å²) < 4.78 is 10.1. The van der Waals surface area contributed by atoms with Crippen LogP contribution in [-0.2, 0) is 14.3 Å². The third-order valence-electron chi connectivity index (χ3n) is 1.79. The number of ether oxygens (including phenoxy) is 2. The lowest BCUT2D eigenvalue weighted by Gasteiger charge is -2.17. The molecule has 0 heterocycles. The van der Waals surface area contributed by atoms with E-state index >= 15 is 0 Å². The largest absolute Gasteiger partial charge is 0.466 e. The van der Waals surface area contributed by atoms with E-state index in [1.165, 1.54) is 0 Å². The molecule has 0 aromatic heterocycles. The number of hydrogen-bond donors (Lipinski definition) is 0. The molecule has 0 aliphatic rings. The van der Waals surface area contributed by atoms with Crippen molar-refractivity contribution in [3.63, 3.8) is 0 Å². The van der Waals surface area contributed by atoms with Crippen LogP contribution >= 0.6 is 0 Å². The topological polar surface area (TPSA) is 35.5 Å². The molecule has 0 radical (unpaired) electrons. The zero-order chi connectivity index (χ0) is 9.56. The third-order valence-corrected chi connectivity index (χ3v) is 1.79. The summed E-state index contributed by atoms with van der Waals surface area (Å²) in [5, 5.41) is 0. The second-order valence-corrected chi connectivity index (χ2v) is 2.70. The van der Waals surface area contributed by atoms with Crippen molar-refractivity contribution in [2.45, 2.75) is 33.8 Å². The average Bonchev–Trinajstić information content (AvgIpc) is 2.04. The van der Waals surface area contributed by atoms with E-state index < -0.39 is 0 Å². The van der Waals surface area contributed by atoms with Crippen LogP contribution in [0.4, 0.5) is 0 Å². The summed E-state index contributed by atoms with van der Waals surface area (Å²) >= 11 is 0. The molecule has 0 aliphatic carbocycles.